The van der Waals surface area contributed by atoms with Gasteiger partial charge in [0.1, 0.15) is 5.78 Å². The van der Waals surface area contributed by atoms with Crippen LogP contribution in [0.4, 0.5) is 0 Å². The van der Waals surface area contributed by atoms with Gasteiger partial charge in [-0.25, -0.2) is 0 Å². The van der Waals surface area contributed by atoms with Crippen LogP contribution in [0, 0.1) is 0 Å². The van der Waals surface area contributed by atoms with E-state index in [1.54, 1.807) is 12.4 Å². The van der Waals surface area contributed by atoms with E-state index in [2.05, 4.69) is 11.1 Å². The number of fused-ring (bicyclic) bond motifs is 1. The molecule has 0 aliphatic heterocycles. The van der Waals surface area contributed by atoms with Crippen LogP contribution >= 0.6 is 0 Å². The van der Waals surface area contributed by atoms with Gasteiger partial charge < -0.3 is 0 Å². The normalized spacial score (nSPS) is 13.9. The highest BCUT2D eigenvalue weighted by Gasteiger charge is 2.21. The average molecular weight is 209 g/mol. The molecular weight excluding hydrogens is 198 g/mol. The minimum Gasteiger partial charge on any atom is -0.299 e. The maximum Gasteiger partial charge on any atom is 0.141 e. The topological polar surface area (TPSA) is 30.0 Å². The zero-order chi connectivity index (χ0) is 11.0. The van der Waals surface area contributed by atoms with Crippen LogP contribution < -0.4 is 0 Å². The predicted octanol–water partition coefficient (Wildman–Crippen LogP) is 2.42. The third kappa shape index (κ3) is 1.43. The van der Waals surface area contributed by atoms with Crippen molar-refractivity contribution in [3.8, 4) is 11.1 Å². The zero-order valence-corrected chi connectivity index (χ0v) is 8.81. The van der Waals surface area contributed by atoms with Crippen molar-refractivity contribution in [3.63, 3.8) is 0 Å². The van der Waals surface area contributed by atoms with Crippen molar-refractivity contribution in [2.24, 2.45) is 0 Å². The van der Waals surface area contributed by atoms with E-state index in [-0.39, 0.29) is 0 Å². The molecule has 0 unspecified atom stereocenters. The molecule has 1 aromatic heterocycles. The van der Waals surface area contributed by atoms with Crippen molar-refractivity contribution in [1.29, 1.82) is 0 Å². The molecule has 0 radical (unpaired) electrons. The fourth-order valence-electron chi connectivity index (χ4n) is 2.28. The van der Waals surface area contributed by atoms with Crippen LogP contribution in [0.5, 0.6) is 0 Å². The standard InChI is InChI=1S/C14H11NO/c16-12-8-11-2-1-3-13(14(11)9-12)10-4-6-15-7-5-10/h1-7H,8-9H2. The first-order valence-electron chi connectivity index (χ1n) is 5.37. The van der Waals surface area contributed by atoms with E-state index in [9.17, 15) is 4.79 Å². The van der Waals surface area contributed by atoms with Gasteiger partial charge in [-0.15, -0.1) is 0 Å². The molecule has 1 heterocycles. The number of rotatable bonds is 1. The number of hydrogen-bond acceptors (Lipinski definition) is 2. The minimum absolute atomic E-state index is 0.316. The van der Waals surface area contributed by atoms with Crippen molar-refractivity contribution in [3.05, 3.63) is 53.9 Å². The molecule has 0 N–H and O–H groups in total. The Morgan fingerprint density at radius 2 is 1.81 bits per heavy atom. The molecule has 0 saturated carbocycles. The van der Waals surface area contributed by atoms with Crippen molar-refractivity contribution in [2.75, 3.05) is 0 Å². The van der Waals surface area contributed by atoms with Crippen LogP contribution in [0.3, 0.4) is 0 Å². The third-order valence-corrected chi connectivity index (χ3v) is 3.03. The molecule has 0 amide bonds. The lowest BCUT2D eigenvalue weighted by Gasteiger charge is -2.07. The number of carbonyl (C=O) groups is 1. The van der Waals surface area contributed by atoms with Gasteiger partial charge in [0.25, 0.3) is 0 Å². The Bertz CT molecular complexity index is 546. The van der Waals surface area contributed by atoms with Gasteiger partial charge in [0.05, 0.1) is 0 Å². The van der Waals surface area contributed by atoms with E-state index < -0.39 is 0 Å². The maximum absolute atomic E-state index is 11.5. The monoisotopic (exact) mass is 209 g/mol. The van der Waals surface area contributed by atoms with Crippen LogP contribution in [-0.4, -0.2) is 10.8 Å². The maximum atomic E-state index is 11.5. The summed E-state index contributed by atoms with van der Waals surface area (Å²) in [6, 6.07) is 10.1. The molecule has 0 saturated heterocycles. The number of nitrogens with zero attached hydrogens (tertiary/aromatic N) is 1. The summed E-state index contributed by atoms with van der Waals surface area (Å²) in [7, 11) is 0. The van der Waals surface area contributed by atoms with Crippen LogP contribution in [-0.2, 0) is 17.6 Å². The fourth-order valence-corrected chi connectivity index (χ4v) is 2.28. The average Bonchev–Trinajstić information content (AvgIpc) is 2.70. The molecule has 1 aliphatic carbocycles. The summed E-state index contributed by atoms with van der Waals surface area (Å²) in [5, 5.41) is 0. The van der Waals surface area contributed by atoms with Crippen molar-refractivity contribution in [1.82, 2.24) is 4.98 Å². The number of benzene rings is 1. The third-order valence-electron chi connectivity index (χ3n) is 3.03. The van der Waals surface area contributed by atoms with Crippen molar-refractivity contribution >= 4 is 5.78 Å². The molecule has 0 fully saturated rings. The lowest BCUT2D eigenvalue weighted by atomic mass is 9.98. The van der Waals surface area contributed by atoms with Gasteiger partial charge in [-0.05, 0) is 34.4 Å². The van der Waals surface area contributed by atoms with Crippen LogP contribution in [0.1, 0.15) is 11.1 Å². The summed E-state index contributed by atoms with van der Waals surface area (Å²) >= 11 is 0. The summed E-state index contributed by atoms with van der Waals surface area (Å²) in [6.07, 6.45) is 4.74. The van der Waals surface area contributed by atoms with Gasteiger partial charge in [-0.3, -0.25) is 9.78 Å². The van der Waals surface area contributed by atoms with Crippen LogP contribution in [0.2, 0.25) is 0 Å². The van der Waals surface area contributed by atoms with Crippen LogP contribution in [0.25, 0.3) is 11.1 Å². The molecule has 2 aromatic rings. The lowest BCUT2D eigenvalue weighted by molar-refractivity contribution is -0.117. The SMILES string of the molecule is O=C1Cc2cccc(-c3ccncc3)c2C1. The van der Waals surface area contributed by atoms with E-state index in [0.717, 1.165) is 5.56 Å². The van der Waals surface area contributed by atoms with E-state index >= 15 is 0 Å². The first-order valence-corrected chi connectivity index (χ1v) is 5.37. The van der Waals surface area contributed by atoms with E-state index in [4.69, 9.17) is 0 Å². The smallest absolute Gasteiger partial charge is 0.141 e. The first kappa shape index (κ1) is 9.28. The molecule has 16 heavy (non-hydrogen) atoms. The molecule has 1 aromatic carbocycles. The Labute approximate surface area is 94.0 Å². The highest BCUT2D eigenvalue weighted by Crippen LogP contribution is 2.30. The van der Waals surface area contributed by atoms with Gasteiger partial charge in [0, 0.05) is 25.2 Å². The molecular formula is C14H11NO. The van der Waals surface area contributed by atoms with E-state index in [1.165, 1.54) is 16.7 Å². The number of hydrogen-bond donors (Lipinski definition) is 0. The number of ketones is 1. The Hall–Kier alpha value is -1.96. The fraction of sp³-hybridized carbons (Fsp3) is 0.143. The Morgan fingerprint density at radius 3 is 2.62 bits per heavy atom. The lowest BCUT2D eigenvalue weighted by Crippen LogP contribution is -1.93. The summed E-state index contributed by atoms with van der Waals surface area (Å²) < 4.78 is 0. The number of carbonyl (C=O) groups excluding carboxylic acids is 1. The second kappa shape index (κ2) is 3.56. The van der Waals surface area contributed by atoms with Gasteiger partial charge >= 0.3 is 0 Å². The molecule has 78 valence electrons. The molecule has 0 atom stereocenters. The second-order valence-corrected chi connectivity index (χ2v) is 4.07. The quantitative estimate of drug-likeness (QED) is 0.722. The molecule has 1 aliphatic rings. The Balaban J connectivity index is 2.17. The predicted molar refractivity (Wildman–Crippen MR) is 62.1 cm³/mol. The van der Waals surface area contributed by atoms with Gasteiger partial charge in [0.15, 0.2) is 0 Å². The molecule has 0 bridgehead atoms. The Morgan fingerprint density at radius 1 is 1.00 bits per heavy atom. The van der Waals surface area contributed by atoms with Crippen molar-refractivity contribution < 1.29 is 4.79 Å². The summed E-state index contributed by atoms with van der Waals surface area (Å²) in [4.78, 5) is 15.5. The van der Waals surface area contributed by atoms with Crippen LogP contribution in [0.15, 0.2) is 42.7 Å². The molecule has 2 heteroatoms. The number of aromatic nitrogens is 1. The van der Waals surface area contributed by atoms with Gasteiger partial charge in [-0.1, -0.05) is 18.2 Å². The Kier molecular flexibility index (Phi) is 2.07. The summed E-state index contributed by atoms with van der Waals surface area (Å²) in [5.74, 6) is 0.316. The number of pyridine rings is 1. The van der Waals surface area contributed by atoms with Gasteiger partial charge in [0.2, 0.25) is 0 Å². The van der Waals surface area contributed by atoms with Gasteiger partial charge in [-0.2, -0.15) is 0 Å². The first-order chi connectivity index (χ1) is 7.84. The molecule has 2 nitrogen and oxygen atoms in total. The highest BCUT2D eigenvalue weighted by atomic mass is 16.1. The van der Waals surface area contributed by atoms with Crippen molar-refractivity contribution in [2.45, 2.75) is 12.8 Å². The minimum atomic E-state index is 0.316. The summed E-state index contributed by atoms with van der Waals surface area (Å²) in [6.45, 7) is 0. The number of Topliss-reactive ketones (excluding diaryl/α,β-unsaturated/α-hetero) is 1. The highest BCUT2D eigenvalue weighted by molar-refractivity contribution is 5.91. The summed E-state index contributed by atoms with van der Waals surface area (Å²) in [5.41, 5.74) is 4.69. The molecule has 3 rings (SSSR count). The molecule has 0 spiro atoms. The second-order valence-electron chi connectivity index (χ2n) is 4.07. The van der Waals surface area contributed by atoms with E-state index in [0.29, 0.717) is 18.6 Å². The largest absolute Gasteiger partial charge is 0.299 e. The van der Waals surface area contributed by atoms with E-state index in [1.807, 2.05) is 24.3 Å². The zero-order valence-electron chi connectivity index (χ0n) is 8.81.